The first-order valence-electron chi connectivity index (χ1n) is 5.17. The number of halogens is 4. The van der Waals surface area contributed by atoms with Crippen molar-refractivity contribution < 1.29 is 13.2 Å². The quantitative estimate of drug-likeness (QED) is 0.637. The molecule has 0 amide bonds. The molecular weight excluding hydrogens is 313 g/mol. The third kappa shape index (κ3) is 2.92. The number of anilines is 2. The van der Waals surface area contributed by atoms with Gasteiger partial charge in [-0.1, -0.05) is 6.08 Å². The Morgan fingerprint density at radius 2 is 2.06 bits per heavy atom. The van der Waals surface area contributed by atoms with Crippen molar-refractivity contribution in [3.63, 3.8) is 0 Å². The molecule has 1 aliphatic rings. The number of nitrogens with zero attached hydrogens (tertiary/aromatic N) is 3. The van der Waals surface area contributed by atoms with Gasteiger partial charge < -0.3 is 10.6 Å². The van der Waals surface area contributed by atoms with Crippen LogP contribution in [0.25, 0.3) is 0 Å². The summed E-state index contributed by atoms with van der Waals surface area (Å²) in [5.74, 6) is 0.608. The molecule has 0 radical (unpaired) electrons. The zero-order valence-electron chi connectivity index (χ0n) is 9.21. The minimum absolute atomic E-state index is 0.0702. The second kappa shape index (κ2) is 4.75. The number of nitrogens with two attached hydrogens (primary N) is 1. The molecule has 0 spiro atoms. The molecule has 2 rings (SSSR count). The van der Waals surface area contributed by atoms with E-state index in [0.717, 1.165) is 6.08 Å². The summed E-state index contributed by atoms with van der Waals surface area (Å²) in [5, 5.41) is 0. The average Bonchev–Trinajstić information content (AvgIpc) is 2.27. The molecule has 0 bridgehead atoms. The monoisotopic (exact) mass is 322 g/mol. The van der Waals surface area contributed by atoms with Gasteiger partial charge in [-0.05, 0) is 22.4 Å². The minimum Gasteiger partial charge on any atom is -0.383 e. The van der Waals surface area contributed by atoms with E-state index in [1.807, 2.05) is 0 Å². The number of alkyl halides is 3. The molecule has 1 aliphatic heterocycles. The Labute approximate surface area is 110 Å². The Hall–Kier alpha value is -1.31. The lowest BCUT2D eigenvalue weighted by Gasteiger charge is -2.27. The van der Waals surface area contributed by atoms with Gasteiger partial charge in [-0.25, -0.2) is 4.98 Å². The van der Waals surface area contributed by atoms with E-state index in [2.05, 4.69) is 25.9 Å². The summed E-state index contributed by atoms with van der Waals surface area (Å²) in [5.41, 5.74) is 5.06. The van der Waals surface area contributed by atoms with Crippen LogP contribution in [-0.2, 0) is 0 Å². The Kier molecular flexibility index (Phi) is 3.47. The van der Waals surface area contributed by atoms with Crippen LogP contribution in [0, 0.1) is 0 Å². The Balaban J connectivity index is 2.17. The van der Waals surface area contributed by atoms with Gasteiger partial charge in [0, 0.05) is 24.7 Å². The third-order valence-electron chi connectivity index (χ3n) is 2.56. The van der Waals surface area contributed by atoms with Crippen LogP contribution in [0.15, 0.2) is 22.3 Å². The van der Waals surface area contributed by atoms with E-state index in [0.29, 0.717) is 10.6 Å². The minimum atomic E-state index is -4.25. The van der Waals surface area contributed by atoms with Crippen LogP contribution in [0.3, 0.4) is 0 Å². The maximum atomic E-state index is 12.5. The number of hydrogen-bond acceptors (Lipinski definition) is 4. The van der Waals surface area contributed by atoms with Crippen molar-refractivity contribution in [2.24, 2.45) is 0 Å². The molecule has 0 saturated heterocycles. The molecule has 2 N–H and O–H groups in total. The fourth-order valence-electron chi connectivity index (χ4n) is 1.67. The van der Waals surface area contributed by atoms with Crippen molar-refractivity contribution in [2.75, 3.05) is 23.7 Å². The highest BCUT2D eigenvalue weighted by Crippen LogP contribution is 2.31. The highest BCUT2D eigenvalue weighted by Gasteiger charge is 2.35. The molecule has 0 unspecified atom stereocenters. The molecule has 4 nitrogen and oxygen atoms in total. The largest absolute Gasteiger partial charge is 0.412 e. The van der Waals surface area contributed by atoms with Gasteiger partial charge in [0.25, 0.3) is 0 Å². The predicted octanol–water partition coefficient (Wildman–Crippen LogP) is 2.52. The molecule has 1 aromatic rings. The second-order valence-electron chi connectivity index (χ2n) is 3.84. The fourth-order valence-corrected chi connectivity index (χ4v) is 2.07. The van der Waals surface area contributed by atoms with Gasteiger partial charge in [-0.3, -0.25) is 0 Å². The lowest BCUT2D eigenvalue weighted by molar-refractivity contribution is -0.0944. The fraction of sp³-hybridized carbons (Fsp3) is 0.400. The van der Waals surface area contributed by atoms with E-state index in [4.69, 9.17) is 5.73 Å². The molecule has 2 heterocycles. The molecule has 0 fully saturated rings. The maximum absolute atomic E-state index is 12.5. The van der Waals surface area contributed by atoms with E-state index in [-0.39, 0.29) is 25.3 Å². The Bertz CT molecular complexity index is 466. The molecular formula is C10H10BrF3N4. The zero-order valence-corrected chi connectivity index (χ0v) is 10.8. The smallest absolute Gasteiger partial charge is 0.383 e. The first kappa shape index (κ1) is 13.1. The Morgan fingerprint density at radius 1 is 1.33 bits per heavy atom. The molecule has 8 heteroatoms. The summed E-state index contributed by atoms with van der Waals surface area (Å²) in [6.45, 7) is 0.353. The van der Waals surface area contributed by atoms with Crippen LogP contribution >= 0.6 is 15.9 Å². The van der Waals surface area contributed by atoms with Gasteiger partial charge in [-0.15, -0.1) is 0 Å². The highest BCUT2D eigenvalue weighted by molar-refractivity contribution is 9.10. The summed E-state index contributed by atoms with van der Waals surface area (Å²) in [6, 6.07) is 1.53. The first-order valence-corrected chi connectivity index (χ1v) is 5.97. The summed E-state index contributed by atoms with van der Waals surface area (Å²) in [6.07, 6.45) is -3.16. The summed E-state index contributed by atoms with van der Waals surface area (Å²) in [4.78, 5) is 9.73. The first-order chi connectivity index (χ1) is 8.36. The number of aromatic nitrogens is 2. The van der Waals surface area contributed by atoms with Crippen LogP contribution in [0.2, 0.25) is 0 Å². The topological polar surface area (TPSA) is 55.0 Å². The van der Waals surface area contributed by atoms with E-state index in [9.17, 15) is 13.2 Å². The molecule has 18 heavy (non-hydrogen) atoms. The SMILES string of the molecule is Nc1cc(Br)nc(N2CC=C(C(F)(F)F)CC2)n1. The molecule has 98 valence electrons. The second-order valence-corrected chi connectivity index (χ2v) is 4.65. The summed E-state index contributed by atoms with van der Waals surface area (Å²) >= 11 is 3.17. The van der Waals surface area contributed by atoms with Crippen LogP contribution in [0.1, 0.15) is 6.42 Å². The van der Waals surface area contributed by atoms with Gasteiger partial charge in [0.2, 0.25) is 5.95 Å². The highest BCUT2D eigenvalue weighted by atomic mass is 79.9. The normalized spacial score (nSPS) is 16.7. The van der Waals surface area contributed by atoms with E-state index < -0.39 is 11.7 Å². The lowest BCUT2D eigenvalue weighted by atomic mass is 10.1. The van der Waals surface area contributed by atoms with Crippen LogP contribution in [0.5, 0.6) is 0 Å². The number of hydrogen-bond donors (Lipinski definition) is 1. The van der Waals surface area contributed by atoms with Gasteiger partial charge in [0.05, 0.1) is 0 Å². The molecule has 1 aromatic heterocycles. The van der Waals surface area contributed by atoms with Crippen molar-refractivity contribution >= 4 is 27.7 Å². The van der Waals surface area contributed by atoms with Gasteiger partial charge in [0.15, 0.2) is 0 Å². The van der Waals surface area contributed by atoms with E-state index >= 15 is 0 Å². The van der Waals surface area contributed by atoms with Gasteiger partial charge >= 0.3 is 6.18 Å². The number of rotatable bonds is 1. The van der Waals surface area contributed by atoms with E-state index in [1.165, 1.54) is 6.07 Å². The molecule has 0 atom stereocenters. The van der Waals surface area contributed by atoms with Crippen molar-refractivity contribution in [3.05, 3.63) is 22.3 Å². The average molecular weight is 323 g/mol. The third-order valence-corrected chi connectivity index (χ3v) is 2.97. The van der Waals surface area contributed by atoms with Gasteiger partial charge in [0.1, 0.15) is 10.4 Å². The van der Waals surface area contributed by atoms with Crippen molar-refractivity contribution in [1.29, 1.82) is 0 Å². The molecule has 0 aliphatic carbocycles. The van der Waals surface area contributed by atoms with Gasteiger partial charge in [-0.2, -0.15) is 18.2 Å². The van der Waals surface area contributed by atoms with Crippen LogP contribution < -0.4 is 10.6 Å². The Morgan fingerprint density at radius 3 is 2.56 bits per heavy atom. The standard InChI is InChI=1S/C10H10BrF3N4/c11-7-5-8(15)17-9(16-7)18-3-1-6(2-4-18)10(12,13)14/h1,5H,2-4H2,(H2,15,16,17). The van der Waals surface area contributed by atoms with Crippen molar-refractivity contribution in [1.82, 2.24) is 9.97 Å². The maximum Gasteiger partial charge on any atom is 0.412 e. The summed E-state index contributed by atoms with van der Waals surface area (Å²) < 4.78 is 37.9. The van der Waals surface area contributed by atoms with Crippen LogP contribution in [-0.4, -0.2) is 29.2 Å². The predicted molar refractivity (Wildman–Crippen MR) is 65.1 cm³/mol. The molecule has 0 saturated carbocycles. The summed E-state index contributed by atoms with van der Waals surface area (Å²) in [7, 11) is 0. The molecule has 0 aromatic carbocycles. The van der Waals surface area contributed by atoms with Crippen molar-refractivity contribution in [3.8, 4) is 0 Å². The zero-order chi connectivity index (χ0) is 13.3. The number of nitrogen functional groups attached to an aromatic ring is 1. The van der Waals surface area contributed by atoms with Crippen molar-refractivity contribution in [2.45, 2.75) is 12.6 Å². The van der Waals surface area contributed by atoms with E-state index in [1.54, 1.807) is 4.90 Å². The van der Waals surface area contributed by atoms with Crippen LogP contribution in [0.4, 0.5) is 24.9 Å². The lowest BCUT2D eigenvalue weighted by Crippen LogP contribution is -2.33.